The van der Waals surface area contributed by atoms with Gasteiger partial charge in [0, 0.05) is 6.07 Å². The van der Waals surface area contributed by atoms with Gasteiger partial charge in [0.05, 0.1) is 10.7 Å². The summed E-state index contributed by atoms with van der Waals surface area (Å²) >= 11 is 11.6. The second-order valence-corrected chi connectivity index (χ2v) is 4.80. The SMILES string of the molecule is Cc1ccc(Nc2cc(Cl)nc(C(F)(F)F)n2)c(Cl)c1. The smallest absolute Gasteiger partial charge is 0.339 e. The molecule has 0 saturated carbocycles. The number of benzene rings is 1. The van der Waals surface area contributed by atoms with Crippen LogP contribution in [0.4, 0.5) is 24.7 Å². The van der Waals surface area contributed by atoms with Crippen LogP contribution in [0.5, 0.6) is 0 Å². The quantitative estimate of drug-likeness (QED) is 0.803. The van der Waals surface area contributed by atoms with Crippen molar-refractivity contribution >= 4 is 34.7 Å². The number of nitrogens with zero attached hydrogens (tertiary/aromatic N) is 2. The molecule has 1 heterocycles. The fourth-order valence-electron chi connectivity index (χ4n) is 1.47. The summed E-state index contributed by atoms with van der Waals surface area (Å²) in [5.74, 6) is -1.39. The van der Waals surface area contributed by atoms with E-state index in [0.29, 0.717) is 10.7 Å². The fraction of sp³-hybridized carbons (Fsp3) is 0.167. The first-order chi connectivity index (χ1) is 9.25. The summed E-state index contributed by atoms with van der Waals surface area (Å²) in [6, 6.07) is 6.27. The van der Waals surface area contributed by atoms with Crippen molar-refractivity contribution in [3.8, 4) is 0 Å². The van der Waals surface area contributed by atoms with E-state index in [1.165, 1.54) is 6.07 Å². The minimum absolute atomic E-state index is 0.0805. The Balaban J connectivity index is 2.36. The van der Waals surface area contributed by atoms with Crippen LogP contribution in [0.15, 0.2) is 24.3 Å². The average molecular weight is 322 g/mol. The van der Waals surface area contributed by atoms with E-state index in [4.69, 9.17) is 23.2 Å². The van der Waals surface area contributed by atoms with Crippen molar-refractivity contribution in [2.45, 2.75) is 13.1 Å². The third-order valence-corrected chi connectivity index (χ3v) is 2.84. The summed E-state index contributed by atoms with van der Waals surface area (Å²) in [6.45, 7) is 1.85. The van der Waals surface area contributed by atoms with Gasteiger partial charge in [-0.05, 0) is 24.6 Å². The van der Waals surface area contributed by atoms with Gasteiger partial charge in [-0.2, -0.15) is 13.2 Å². The van der Waals surface area contributed by atoms with Crippen LogP contribution in [-0.4, -0.2) is 9.97 Å². The van der Waals surface area contributed by atoms with Gasteiger partial charge in [-0.25, -0.2) is 9.97 Å². The maximum atomic E-state index is 12.6. The van der Waals surface area contributed by atoms with E-state index in [-0.39, 0.29) is 11.0 Å². The molecule has 0 saturated heterocycles. The van der Waals surface area contributed by atoms with Crippen molar-refractivity contribution in [2.24, 2.45) is 0 Å². The number of hydrogen-bond donors (Lipinski definition) is 1. The maximum Gasteiger partial charge on any atom is 0.451 e. The van der Waals surface area contributed by atoms with E-state index in [9.17, 15) is 13.2 Å². The second-order valence-electron chi connectivity index (χ2n) is 4.01. The maximum absolute atomic E-state index is 12.6. The molecular formula is C12H8Cl2F3N3. The van der Waals surface area contributed by atoms with Crippen molar-refractivity contribution in [3.05, 3.63) is 45.8 Å². The molecule has 0 aliphatic heterocycles. The Hall–Kier alpha value is -1.53. The van der Waals surface area contributed by atoms with Crippen molar-refractivity contribution in [1.29, 1.82) is 0 Å². The van der Waals surface area contributed by atoms with Gasteiger partial charge in [0.25, 0.3) is 0 Å². The number of anilines is 2. The van der Waals surface area contributed by atoms with Crippen LogP contribution in [0.3, 0.4) is 0 Å². The van der Waals surface area contributed by atoms with Crippen LogP contribution in [0, 0.1) is 6.92 Å². The molecule has 0 spiro atoms. The van der Waals surface area contributed by atoms with E-state index in [1.54, 1.807) is 18.2 Å². The van der Waals surface area contributed by atoms with Gasteiger partial charge in [0.15, 0.2) is 0 Å². The molecule has 2 rings (SSSR count). The Kier molecular flexibility index (Phi) is 4.06. The van der Waals surface area contributed by atoms with Crippen molar-refractivity contribution < 1.29 is 13.2 Å². The van der Waals surface area contributed by atoms with Crippen LogP contribution in [0.2, 0.25) is 10.2 Å². The predicted molar refractivity (Wildman–Crippen MR) is 71.5 cm³/mol. The predicted octanol–water partition coefficient (Wildman–Crippen LogP) is 4.85. The highest BCUT2D eigenvalue weighted by Gasteiger charge is 2.35. The molecular weight excluding hydrogens is 314 g/mol. The summed E-state index contributed by atoms with van der Waals surface area (Å²) in [7, 11) is 0. The van der Waals surface area contributed by atoms with Crippen LogP contribution >= 0.6 is 23.2 Å². The van der Waals surface area contributed by atoms with E-state index < -0.39 is 12.0 Å². The lowest BCUT2D eigenvalue weighted by Crippen LogP contribution is -2.12. The number of rotatable bonds is 2. The second kappa shape index (κ2) is 5.46. The molecule has 1 aromatic carbocycles. The Morgan fingerprint density at radius 2 is 1.80 bits per heavy atom. The van der Waals surface area contributed by atoms with E-state index in [1.807, 2.05) is 6.92 Å². The van der Waals surface area contributed by atoms with E-state index in [2.05, 4.69) is 15.3 Å². The van der Waals surface area contributed by atoms with Crippen LogP contribution in [-0.2, 0) is 6.18 Å². The molecule has 0 aliphatic rings. The Labute approximate surface area is 122 Å². The van der Waals surface area contributed by atoms with Crippen LogP contribution < -0.4 is 5.32 Å². The fourth-order valence-corrected chi connectivity index (χ4v) is 1.93. The van der Waals surface area contributed by atoms with Gasteiger partial charge in [-0.3, -0.25) is 0 Å². The normalized spacial score (nSPS) is 11.5. The van der Waals surface area contributed by atoms with Crippen molar-refractivity contribution in [1.82, 2.24) is 9.97 Å². The zero-order valence-corrected chi connectivity index (χ0v) is 11.6. The topological polar surface area (TPSA) is 37.8 Å². The highest BCUT2D eigenvalue weighted by atomic mass is 35.5. The van der Waals surface area contributed by atoms with E-state index in [0.717, 1.165) is 5.56 Å². The molecule has 3 nitrogen and oxygen atoms in total. The highest BCUT2D eigenvalue weighted by molar-refractivity contribution is 6.33. The zero-order valence-electron chi connectivity index (χ0n) is 10.1. The summed E-state index contributed by atoms with van der Waals surface area (Å²) in [5.41, 5.74) is 1.36. The first-order valence-corrected chi connectivity index (χ1v) is 6.16. The molecule has 0 radical (unpaired) electrons. The lowest BCUT2D eigenvalue weighted by Gasteiger charge is -2.11. The molecule has 2 aromatic rings. The molecule has 106 valence electrons. The van der Waals surface area contributed by atoms with Gasteiger partial charge in [0.1, 0.15) is 11.0 Å². The summed E-state index contributed by atoms with van der Waals surface area (Å²) < 4.78 is 37.7. The molecule has 1 N–H and O–H groups in total. The number of alkyl halides is 3. The average Bonchev–Trinajstić information content (AvgIpc) is 2.31. The van der Waals surface area contributed by atoms with E-state index >= 15 is 0 Å². The lowest BCUT2D eigenvalue weighted by molar-refractivity contribution is -0.144. The lowest BCUT2D eigenvalue weighted by atomic mass is 10.2. The molecule has 0 fully saturated rings. The Bertz CT molecular complexity index is 644. The summed E-state index contributed by atoms with van der Waals surface area (Å²) in [5, 5.41) is 2.75. The third kappa shape index (κ3) is 3.52. The minimum Gasteiger partial charge on any atom is -0.339 e. The number of nitrogens with one attached hydrogen (secondary N) is 1. The van der Waals surface area contributed by atoms with Gasteiger partial charge in [-0.1, -0.05) is 29.3 Å². The van der Waals surface area contributed by atoms with Gasteiger partial charge < -0.3 is 5.32 Å². The standard InChI is InChI=1S/C12H8Cl2F3N3/c1-6-2-3-8(7(13)4-6)18-10-5-9(14)19-11(20-10)12(15,16)17/h2-5H,1H3,(H,18,19,20). The molecule has 0 bridgehead atoms. The van der Waals surface area contributed by atoms with Crippen molar-refractivity contribution in [3.63, 3.8) is 0 Å². The first-order valence-electron chi connectivity index (χ1n) is 5.40. The summed E-state index contributed by atoms with van der Waals surface area (Å²) in [4.78, 5) is 6.51. The number of aromatic nitrogens is 2. The molecule has 20 heavy (non-hydrogen) atoms. The minimum atomic E-state index is -4.67. The Morgan fingerprint density at radius 1 is 1.10 bits per heavy atom. The molecule has 0 unspecified atom stereocenters. The molecule has 0 aliphatic carbocycles. The van der Waals surface area contributed by atoms with Gasteiger partial charge in [-0.15, -0.1) is 0 Å². The molecule has 0 atom stereocenters. The van der Waals surface area contributed by atoms with Crippen LogP contribution in [0.1, 0.15) is 11.4 Å². The number of halogens is 5. The van der Waals surface area contributed by atoms with Crippen LogP contribution in [0.25, 0.3) is 0 Å². The Morgan fingerprint density at radius 3 is 2.40 bits per heavy atom. The third-order valence-electron chi connectivity index (χ3n) is 2.34. The summed E-state index contributed by atoms with van der Waals surface area (Å²) in [6.07, 6.45) is -4.67. The van der Waals surface area contributed by atoms with Gasteiger partial charge in [0.2, 0.25) is 5.82 Å². The van der Waals surface area contributed by atoms with Gasteiger partial charge >= 0.3 is 6.18 Å². The number of hydrogen-bond acceptors (Lipinski definition) is 3. The molecule has 8 heteroatoms. The molecule has 1 aromatic heterocycles. The largest absolute Gasteiger partial charge is 0.451 e. The zero-order chi connectivity index (χ0) is 14.9. The molecule has 0 amide bonds. The first kappa shape index (κ1) is 14.9. The van der Waals surface area contributed by atoms with Crippen molar-refractivity contribution in [2.75, 3.05) is 5.32 Å². The number of aryl methyl sites for hydroxylation is 1. The highest BCUT2D eigenvalue weighted by Crippen LogP contribution is 2.30. The monoisotopic (exact) mass is 321 g/mol.